The van der Waals surface area contributed by atoms with Crippen LogP contribution in [0.15, 0.2) is 17.5 Å². The molecule has 0 aliphatic rings. The standard InChI is InChI=1S/C14H13ClF3NS/c1-3-19-13(14-12(15)7(2)6-20-14)8-4-10(17)11(18)5-9(8)16/h4-6,13,19H,3H2,1-2H3. The highest BCUT2D eigenvalue weighted by Gasteiger charge is 2.23. The Hall–Kier alpha value is -1.04. The molecule has 108 valence electrons. The van der Waals surface area contributed by atoms with Crippen molar-refractivity contribution in [2.24, 2.45) is 0 Å². The number of nitrogens with one attached hydrogen (secondary N) is 1. The molecule has 2 rings (SSSR count). The molecular formula is C14H13ClF3NS. The Kier molecular flexibility index (Phi) is 4.73. The lowest BCUT2D eigenvalue weighted by Gasteiger charge is -2.18. The summed E-state index contributed by atoms with van der Waals surface area (Å²) in [6, 6.07) is 0.841. The fourth-order valence-corrected chi connectivity index (χ4v) is 3.35. The number of halogens is 4. The van der Waals surface area contributed by atoms with Gasteiger partial charge in [0.15, 0.2) is 11.6 Å². The Labute approximate surface area is 124 Å². The van der Waals surface area contributed by atoms with Crippen LogP contribution in [0.25, 0.3) is 0 Å². The van der Waals surface area contributed by atoms with Crippen LogP contribution < -0.4 is 5.32 Å². The normalized spacial score (nSPS) is 12.7. The summed E-state index contributed by atoms with van der Waals surface area (Å²) in [6.45, 7) is 4.22. The molecule has 1 unspecified atom stereocenters. The first-order chi connectivity index (χ1) is 9.45. The van der Waals surface area contributed by atoms with E-state index >= 15 is 0 Å². The summed E-state index contributed by atoms with van der Waals surface area (Å²) in [6.07, 6.45) is 0. The minimum absolute atomic E-state index is 0.0505. The van der Waals surface area contributed by atoms with E-state index in [9.17, 15) is 13.2 Å². The van der Waals surface area contributed by atoms with Crippen molar-refractivity contribution in [1.29, 1.82) is 0 Å². The second-order valence-electron chi connectivity index (χ2n) is 4.38. The molecule has 1 nitrogen and oxygen atoms in total. The number of hydrogen-bond acceptors (Lipinski definition) is 2. The number of aryl methyl sites for hydroxylation is 1. The molecule has 1 N–H and O–H groups in total. The van der Waals surface area contributed by atoms with Crippen molar-refractivity contribution in [3.05, 3.63) is 56.0 Å². The van der Waals surface area contributed by atoms with Crippen LogP contribution in [0, 0.1) is 24.4 Å². The molecule has 1 heterocycles. The van der Waals surface area contributed by atoms with Gasteiger partial charge in [0.05, 0.1) is 11.1 Å². The Morgan fingerprint density at radius 2 is 1.85 bits per heavy atom. The first kappa shape index (κ1) is 15.4. The second-order valence-corrected chi connectivity index (χ2v) is 5.66. The summed E-state index contributed by atoms with van der Waals surface area (Å²) >= 11 is 7.55. The number of benzene rings is 1. The van der Waals surface area contributed by atoms with E-state index in [-0.39, 0.29) is 5.56 Å². The Morgan fingerprint density at radius 3 is 2.40 bits per heavy atom. The zero-order valence-electron chi connectivity index (χ0n) is 10.9. The van der Waals surface area contributed by atoms with Gasteiger partial charge < -0.3 is 5.32 Å². The minimum atomic E-state index is -1.20. The van der Waals surface area contributed by atoms with Gasteiger partial charge in [-0.3, -0.25) is 0 Å². The van der Waals surface area contributed by atoms with E-state index in [0.29, 0.717) is 22.5 Å². The molecular weight excluding hydrogens is 307 g/mol. The summed E-state index contributed by atoms with van der Waals surface area (Å²) in [5.41, 5.74) is 0.923. The number of hydrogen-bond donors (Lipinski definition) is 1. The molecule has 2 aromatic rings. The maximum Gasteiger partial charge on any atom is 0.161 e. The highest BCUT2D eigenvalue weighted by Crippen LogP contribution is 2.37. The van der Waals surface area contributed by atoms with Gasteiger partial charge >= 0.3 is 0 Å². The molecule has 0 saturated heterocycles. The average molecular weight is 320 g/mol. The fourth-order valence-electron chi connectivity index (χ4n) is 1.95. The van der Waals surface area contributed by atoms with E-state index in [2.05, 4.69) is 5.32 Å². The highest BCUT2D eigenvalue weighted by atomic mass is 35.5. The van der Waals surface area contributed by atoms with Gasteiger partial charge in [-0.25, -0.2) is 13.2 Å². The number of thiophene rings is 1. The summed E-state index contributed by atoms with van der Waals surface area (Å²) in [4.78, 5) is 0.691. The van der Waals surface area contributed by atoms with Crippen LogP contribution >= 0.6 is 22.9 Å². The first-order valence-electron chi connectivity index (χ1n) is 6.07. The fraction of sp³-hybridized carbons (Fsp3) is 0.286. The maximum absolute atomic E-state index is 13.9. The minimum Gasteiger partial charge on any atom is -0.306 e. The molecule has 0 aliphatic carbocycles. The van der Waals surface area contributed by atoms with Gasteiger partial charge in [-0.15, -0.1) is 11.3 Å². The number of rotatable bonds is 4. The second kappa shape index (κ2) is 6.16. The summed E-state index contributed by atoms with van der Waals surface area (Å²) in [5, 5.41) is 5.42. The van der Waals surface area contributed by atoms with Crippen molar-refractivity contribution < 1.29 is 13.2 Å². The molecule has 0 saturated carbocycles. The predicted octanol–water partition coefficient (Wildman–Crippen LogP) is 4.83. The Bertz CT molecular complexity index is 627. The van der Waals surface area contributed by atoms with Gasteiger partial charge in [0, 0.05) is 16.5 Å². The topological polar surface area (TPSA) is 12.0 Å². The lowest BCUT2D eigenvalue weighted by molar-refractivity contribution is 0.482. The summed E-state index contributed by atoms with van der Waals surface area (Å²) in [5.74, 6) is -3.07. The Balaban J connectivity index is 2.54. The molecule has 20 heavy (non-hydrogen) atoms. The van der Waals surface area contributed by atoms with Crippen molar-refractivity contribution >= 4 is 22.9 Å². The molecule has 1 aromatic heterocycles. The molecule has 0 aliphatic heterocycles. The smallest absolute Gasteiger partial charge is 0.161 e. The lowest BCUT2D eigenvalue weighted by atomic mass is 10.0. The molecule has 1 atom stereocenters. The molecule has 1 aromatic carbocycles. The third kappa shape index (κ3) is 2.85. The van der Waals surface area contributed by atoms with Crippen LogP contribution in [0.1, 0.15) is 29.0 Å². The van der Waals surface area contributed by atoms with Crippen LogP contribution in [0.2, 0.25) is 5.02 Å². The molecule has 0 spiro atoms. The van der Waals surface area contributed by atoms with Crippen LogP contribution in [-0.4, -0.2) is 6.54 Å². The van der Waals surface area contributed by atoms with Crippen molar-refractivity contribution in [2.45, 2.75) is 19.9 Å². The van der Waals surface area contributed by atoms with Crippen LogP contribution in [0.3, 0.4) is 0 Å². The zero-order valence-corrected chi connectivity index (χ0v) is 12.5. The quantitative estimate of drug-likeness (QED) is 0.796. The van der Waals surface area contributed by atoms with Gasteiger partial charge in [-0.1, -0.05) is 18.5 Å². The van der Waals surface area contributed by atoms with E-state index in [1.165, 1.54) is 11.3 Å². The Morgan fingerprint density at radius 1 is 1.20 bits per heavy atom. The van der Waals surface area contributed by atoms with E-state index in [1.807, 2.05) is 19.2 Å². The maximum atomic E-state index is 13.9. The van der Waals surface area contributed by atoms with Crippen LogP contribution in [-0.2, 0) is 0 Å². The van der Waals surface area contributed by atoms with Gasteiger partial charge in [0.1, 0.15) is 5.82 Å². The molecule has 0 bridgehead atoms. The first-order valence-corrected chi connectivity index (χ1v) is 7.32. The van der Waals surface area contributed by atoms with Crippen molar-refractivity contribution in [3.63, 3.8) is 0 Å². The van der Waals surface area contributed by atoms with Crippen molar-refractivity contribution in [1.82, 2.24) is 5.32 Å². The third-order valence-electron chi connectivity index (χ3n) is 2.95. The van der Waals surface area contributed by atoms with E-state index in [1.54, 1.807) is 0 Å². The molecule has 6 heteroatoms. The highest BCUT2D eigenvalue weighted by molar-refractivity contribution is 7.10. The van der Waals surface area contributed by atoms with Gasteiger partial charge in [-0.2, -0.15) is 0 Å². The van der Waals surface area contributed by atoms with E-state index in [0.717, 1.165) is 11.6 Å². The average Bonchev–Trinajstić information content (AvgIpc) is 2.72. The van der Waals surface area contributed by atoms with Crippen molar-refractivity contribution in [2.75, 3.05) is 6.54 Å². The summed E-state index contributed by atoms with van der Waals surface area (Å²) < 4.78 is 40.4. The van der Waals surface area contributed by atoms with Gasteiger partial charge in [0.25, 0.3) is 0 Å². The molecule has 0 amide bonds. The lowest BCUT2D eigenvalue weighted by Crippen LogP contribution is -2.23. The molecule has 0 fully saturated rings. The summed E-state index contributed by atoms with van der Waals surface area (Å²) in [7, 11) is 0. The monoisotopic (exact) mass is 319 g/mol. The SMILES string of the molecule is CCNC(c1cc(F)c(F)cc1F)c1scc(C)c1Cl. The van der Waals surface area contributed by atoms with Gasteiger partial charge in [-0.05, 0) is 30.5 Å². The largest absolute Gasteiger partial charge is 0.306 e. The van der Waals surface area contributed by atoms with Crippen LogP contribution in [0.5, 0.6) is 0 Å². The predicted molar refractivity (Wildman–Crippen MR) is 75.9 cm³/mol. The zero-order chi connectivity index (χ0) is 14.9. The van der Waals surface area contributed by atoms with E-state index in [4.69, 9.17) is 11.6 Å². The van der Waals surface area contributed by atoms with E-state index < -0.39 is 23.5 Å². The van der Waals surface area contributed by atoms with Crippen molar-refractivity contribution in [3.8, 4) is 0 Å². The van der Waals surface area contributed by atoms with Crippen LogP contribution in [0.4, 0.5) is 13.2 Å². The molecule has 0 radical (unpaired) electrons. The third-order valence-corrected chi connectivity index (χ3v) is 4.73. The van der Waals surface area contributed by atoms with Gasteiger partial charge in [0.2, 0.25) is 0 Å².